The van der Waals surface area contributed by atoms with Gasteiger partial charge in [0.15, 0.2) is 0 Å². The summed E-state index contributed by atoms with van der Waals surface area (Å²) >= 11 is 12.0. The fourth-order valence-electron chi connectivity index (χ4n) is 1.88. The summed E-state index contributed by atoms with van der Waals surface area (Å²) in [5.41, 5.74) is 5.65. The van der Waals surface area contributed by atoms with Gasteiger partial charge in [-0.25, -0.2) is 9.37 Å². The first-order valence-corrected chi connectivity index (χ1v) is 6.81. The van der Waals surface area contributed by atoms with Crippen molar-refractivity contribution in [3.8, 4) is 0 Å². The Hall–Kier alpha value is -1.85. The number of carbonyl (C=O) groups is 1. The lowest BCUT2D eigenvalue weighted by Gasteiger charge is -2.18. The third-order valence-electron chi connectivity index (χ3n) is 2.91. The van der Waals surface area contributed by atoms with Crippen molar-refractivity contribution in [2.45, 2.75) is 13.0 Å². The lowest BCUT2D eigenvalue weighted by molar-refractivity contribution is 0.1000. The van der Waals surface area contributed by atoms with Crippen molar-refractivity contribution < 1.29 is 9.18 Å². The molecule has 0 radical (unpaired) electrons. The van der Waals surface area contributed by atoms with Crippen LogP contribution in [0.15, 0.2) is 30.5 Å². The van der Waals surface area contributed by atoms with Crippen LogP contribution in [0.2, 0.25) is 10.0 Å². The van der Waals surface area contributed by atoms with Crippen LogP contribution in [0.4, 0.5) is 10.2 Å². The van der Waals surface area contributed by atoms with Crippen molar-refractivity contribution in [1.82, 2.24) is 4.98 Å². The van der Waals surface area contributed by atoms with Gasteiger partial charge in [0.1, 0.15) is 11.6 Å². The maximum Gasteiger partial charge on any atom is 0.250 e. The zero-order valence-corrected chi connectivity index (χ0v) is 12.5. The molecule has 4 nitrogen and oxygen atoms in total. The number of carbonyl (C=O) groups excluding carboxylic acids is 1. The number of benzene rings is 1. The first-order valence-electron chi connectivity index (χ1n) is 6.06. The Morgan fingerprint density at radius 3 is 2.67 bits per heavy atom. The Kier molecular flexibility index (Phi) is 4.65. The maximum absolute atomic E-state index is 13.8. The summed E-state index contributed by atoms with van der Waals surface area (Å²) in [6, 6.07) is 5.40. The maximum atomic E-state index is 13.8. The van der Waals surface area contributed by atoms with Crippen LogP contribution >= 0.6 is 23.2 Å². The molecule has 0 aliphatic heterocycles. The summed E-state index contributed by atoms with van der Waals surface area (Å²) in [6.07, 6.45) is 1.30. The van der Waals surface area contributed by atoms with Crippen LogP contribution in [0.25, 0.3) is 0 Å². The Morgan fingerprint density at radius 2 is 2.10 bits per heavy atom. The second kappa shape index (κ2) is 6.28. The number of hydrogen-bond acceptors (Lipinski definition) is 3. The van der Waals surface area contributed by atoms with E-state index >= 15 is 0 Å². The van der Waals surface area contributed by atoms with E-state index in [0.29, 0.717) is 16.4 Å². The molecule has 1 amide bonds. The number of anilines is 1. The van der Waals surface area contributed by atoms with Gasteiger partial charge in [-0.1, -0.05) is 29.3 Å². The Bertz CT molecular complexity index is 674. The lowest BCUT2D eigenvalue weighted by atomic mass is 10.1. The summed E-state index contributed by atoms with van der Waals surface area (Å²) < 4.78 is 13.8. The van der Waals surface area contributed by atoms with Crippen LogP contribution in [0.5, 0.6) is 0 Å². The molecule has 0 fully saturated rings. The number of nitrogens with one attached hydrogen (secondary N) is 1. The van der Waals surface area contributed by atoms with Crippen LogP contribution in [0.3, 0.4) is 0 Å². The predicted octanol–water partition coefficient (Wildman–Crippen LogP) is 3.80. The van der Waals surface area contributed by atoms with E-state index in [1.54, 1.807) is 13.0 Å². The molecule has 0 aliphatic carbocycles. The highest BCUT2D eigenvalue weighted by atomic mass is 35.5. The number of halogens is 3. The second-order valence-corrected chi connectivity index (χ2v) is 5.23. The zero-order chi connectivity index (χ0) is 15.6. The molecule has 110 valence electrons. The van der Waals surface area contributed by atoms with Gasteiger partial charge in [-0.3, -0.25) is 4.79 Å². The van der Waals surface area contributed by atoms with Gasteiger partial charge in [0.25, 0.3) is 0 Å². The normalized spacial score (nSPS) is 12.0. The van der Waals surface area contributed by atoms with Crippen molar-refractivity contribution in [3.63, 3.8) is 0 Å². The highest BCUT2D eigenvalue weighted by Crippen LogP contribution is 2.30. The summed E-state index contributed by atoms with van der Waals surface area (Å²) in [7, 11) is 0. The molecule has 3 N–H and O–H groups in total. The fourth-order valence-corrected chi connectivity index (χ4v) is 2.43. The van der Waals surface area contributed by atoms with Crippen LogP contribution in [0.1, 0.15) is 28.9 Å². The first-order chi connectivity index (χ1) is 9.90. The van der Waals surface area contributed by atoms with E-state index in [9.17, 15) is 9.18 Å². The van der Waals surface area contributed by atoms with Gasteiger partial charge < -0.3 is 11.1 Å². The molecule has 1 unspecified atom stereocenters. The monoisotopic (exact) mass is 327 g/mol. The van der Waals surface area contributed by atoms with Crippen LogP contribution in [-0.4, -0.2) is 10.9 Å². The highest BCUT2D eigenvalue weighted by molar-refractivity contribution is 6.33. The van der Waals surface area contributed by atoms with E-state index < -0.39 is 17.8 Å². The number of amides is 1. The van der Waals surface area contributed by atoms with Crippen LogP contribution in [0, 0.1) is 5.82 Å². The molecule has 0 saturated heterocycles. The van der Waals surface area contributed by atoms with Crippen molar-refractivity contribution >= 4 is 34.9 Å². The van der Waals surface area contributed by atoms with Crippen molar-refractivity contribution in [1.29, 1.82) is 0 Å². The number of nitrogens with two attached hydrogens (primary N) is 1. The fraction of sp³-hybridized carbons (Fsp3) is 0.143. The molecular weight excluding hydrogens is 316 g/mol. The van der Waals surface area contributed by atoms with Gasteiger partial charge in [-0.15, -0.1) is 0 Å². The Balaban J connectivity index is 2.28. The van der Waals surface area contributed by atoms with Crippen LogP contribution in [-0.2, 0) is 0 Å². The topological polar surface area (TPSA) is 68.0 Å². The number of primary amides is 1. The molecule has 21 heavy (non-hydrogen) atoms. The van der Waals surface area contributed by atoms with Gasteiger partial charge in [0, 0.05) is 16.8 Å². The quantitative estimate of drug-likeness (QED) is 0.897. The first kappa shape index (κ1) is 15.5. The summed E-state index contributed by atoms with van der Waals surface area (Å²) in [5, 5.41) is 3.47. The molecule has 1 aromatic carbocycles. The van der Waals surface area contributed by atoms with E-state index in [4.69, 9.17) is 28.9 Å². The molecule has 0 bridgehead atoms. The van der Waals surface area contributed by atoms with E-state index in [1.165, 1.54) is 24.4 Å². The molecule has 0 spiro atoms. The molecule has 0 aliphatic rings. The number of aromatic nitrogens is 1. The van der Waals surface area contributed by atoms with E-state index in [0.717, 1.165) is 0 Å². The zero-order valence-electron chi connectivity index (χ0n) is 11.0. The predicted molar refractivity (Wildman–Crippen MR) is 81.2 cm³/mol. The third kappa shape index (κ3) is 3.43. The van der Waals surface area contributed by atoms with Gasteiger partial charge in [-0.05, 0) is 25.1 Å². The minimum Gasteiger partial charge on any atom is -0.366 e. The molecule has 1 heterocycles. The Morgan fingerprint density at radius 1 is 1.38 bits per heavy atom. The molecule has 0 saturated carbocycles. The standard InChI is InChI=1S/C14H12Cl2FN3O/c1-7(12-9(15)3-2-4-11(12)17)20-14-10(16)5-8(6-19-14)13(18)21/h2-7H,1H3,(H2,18,21)(H,19,20). The van der Waals surface area contributed by atoms with Crippen LogP contribution < -0.4 is 11.1 Å². The number of nitrogens with zero attached hydrogens (tertiary/aromatic N) is 1. The van der Waals surface area contributed by atoms with Gasteiger partial charge >= 0.3 is 0 Å². The van der Waals surface area contributed by atoms with Gasteiger partial charge in [0.2, 0.25) is 5.91 Å². The smallest absolute Gasteiger partial charge is 0.250 e. The molecule has 2 aromatic rings. The van der Waals surface area contributed by atoms with Gasteiger partial charge in [-0.2, -0.15) is 0 Å². The van der Waals surface area contributed by atoms with Crippen molar-refractivity contribution in [2.24, 2.45) is 5.73 Å². The highest BCUT2D eigenvalue weighted by Gasteiger charge is 2.16. The number of hydrogen-bond donors (Lipinski definition) is 2. The number of rotatable bonds is 4. The Labute approximate surface area is 131 Å². The van der Waals surface area contributed by atoms with E-state index in [2.05, 4.69) is 10.3 Å². The molecular formula is C14H12Cl2FN3O. The molecule has 2 rings (SSSR count). The van der Waals surface area contributed by atoms with Gasteiger partial charge in [0.05, 0.1) is 16.6 Å². The largest absolute Gasteiger partial charge is 0.366 e. The van der Waals surface area contributed by atoms with Crippen molar-refractivity contribution in [3.05, 3.63) is 57.5 Å². The SMILES string of the molecule is CC(Nc1ncc(C(N)=O)cc1Cl)c1c(F)cccc1Cl. The summed E-state index contributed by atoms with van der Waals surface area (Å²) in [4.78, 5) is 15.0. The average molecular weight is 328 g/mol. The molecule has 7 heteroatoms. The molecule has 1 aromatic heterocycles. The minimum atomic E-state index is -0.624. The minimum absolute atomic E-state index is 0.196. The van der Waals surface area contributed by atoms with E-state index in [1.807, 2.05) is 0 Å². The summed E-state index contributed by atoms with van der Waals surface area (Å²) in [6.45, 7) is 1.73. The average Bonchev–Trinajstić information content (AvgIpc) is 2.40. The molecule has 1 atom stereocenters. The lowest BCUT2D eigenvalue weighted by Crippen LogP contribution is -2.14. The second-order valence-electron chi connectivity index (χ2n) is 4.42. The number of pyridine rings is 1. The summed E-state index contributed by atoms with van der Waals surface area (Å²) in [5.74, 6) is -0.734. The van der Waals surface area contributed by atoms with E-state index in [-0.39, 0.29) is 10.6 Å². The third-order valence-corrected chi connectivity index (χ3v) is 3.53. The van der Waals surface area contributed by atoms with Crippen molar-refractivity contribution in [2.75, 3.05) is 5.32 Å².